The van der Waals surface area contributed by atoms with Crippen LogP contribution in [0.2, 0.25) is 0 Å². The Balaban J connectivity index is 1.68. The largest absolute Gasteiger partial charge is 0.496 e. The predicted octanol–water partition coefficient (Wildman–Crippen LogP) is 4.95. The lowest BCUT2D eigenvalue weighted by Gasteiger charge is -2.11. The molecule has 0 saturated carbocycles. The molecule has 0 radical (unpaired) electrons. The quantitative estimate of drug-likeness (QED) is 0.170. The number of hydrogen-bond acceptors (Lipinski definition) is 5. The second-order valence-corrected chi connectivity index (χ2v) is 8.13. The van der Waals surface area contributed by atoms with E-state index in [0.29, 0.717) is 0 Å². The molecule has 32 heavy (non-hydrogen) atoms. The summed E-state index contributed by atoms with van der Waals surface area (Å²) in [4.78, 5) is 34.6. The Morgan fingerprint density at radius 3 is 2.34 bits per heavy atom. The second kappa shape index (κ2) is 14.2. The van der Waals surface area contributed by atoms with Crippen LogP contribution in [0.5, 0.6) is 5.75 Å². The van der Waals surface area contributed by atoms with Gasteiger partial charge in [0, 0.05) is 11.6 Å². The van der Waals surface area contributed by atoms with Crippen LogP contribution in [0.25, 0.3) is 0 Å². The average molecular weight is 442 g/mol. The van der Waals surface area contributed by atoms with E-state index >= 15 is 0 Å². The lowest BCUT2D eigenvalue weighted by molar-refractivity contribution is -0.144. The first kappa shape index (κ1) is 25.4. The van der Waals surface area contributed by atoms with Crippen LogP contribution >= 0.6 is 0 Å². The highest BCUT2D eigenvalue weighted by Crippen LogP contribution is 2.23. The number of carbonyl (C=O) groups excluding carboxylic acids is 3. The Morgan fingerprint density at radius 2 is 1.72 bits per heavy atom. The summed E-state index contributed by atoms with van der Waals surface area (Å²) in [5.41, 5.74) is 2.09. The Morgan fingerprint density at radius 1 is 1.03 bits per heavy atom. The number of imide groups is 1. The van der Waals surface area contributed by atoms with Gasteiger partial charge in [0.2, 0.25) is 0 Å². The third-order valence-electron chi connectivity index (χ3n) is 5.52. The first-order valence-electron chi connectivity index (χ1n) is 11.5. The number of aryl methyl sites for hydroxylation is 1. The molecule has 1 aromatic rings. The molecule has 1 heterocycles. The summed E-state index contributed by atoms with van der Waals surface area (Å²) in [6.45, 7) is 3.84. The second-order valence-electron chi connectivity index (χ2n) is 8.13. The van der Waals surface area contributed by atoms with Gasteiger partial charge >= 0.3 is 5.97 Å². The molecule has 0 aromatic heterocycles. The highest BCUT2D eigenvalue weighted by molar-refractivity contribution is 6.17. The molecule has 2 rings (SSSR count). The van der Waals surface area contributed by atoms with E-state index in [0.717, 1.165) is 42.2 Å². The fourth-order valence-electron chi connectivity index (χ4n) is 3.70. The Kier molecular flexibility index (Phi) is 11.3. The molecule has 0 unspecified atom stereocenters. The molecule has 0 bridgehead atoms. The number of carbonyl (C=O) groups is 3. The van der Waals surface area contributed by atoms with Crippen LogP contribution in [0.15, 0.2) is 42.5 Å². The zero-order chi connectivity index (χ0) is 23.2. The summed E-state index contributed by atoms with van der Waals surface area (Å²) in [5.74, 6) is -0.798. The van der Waals surface area contributed by atoms with Gasteiger partial charge in [0.1, 0.15) is 12.4 Å². The van der Waals surface area contributed by atoms with Crippen molar-refractivity contribution in [2.24, 2.45) is 0 Å². The maximum absolute atomic E-state index is 12.0. The molecular formula is C26H35NO5. The molecule has 1 aromatic carbocycles. The number of hydrogen-bond donors (Lipinski definition) is 1. The van der Waals surface area contributed by atoms with Crippen molar-refractivity contribution in [3.05, 3.63) is 53.6 Å². The molecule has 0 spiro atoms. The van der Waals surface area contributed by atoms with Gasteiger partial charge in [-0.05, 0) is 42.9 Å². The molecular weight excluding hydrogens is 406 g/mol. The minimum absolute atomic E-state index is 0.0884. The fourth-order valence-corrected chi connectivity index (χ4v) is 3.70. The minimum Gasteiger partial charge on any atom is -0.496 e. The zero-order valence-corrected chi connectivity index (χ0v) is 19.1. The summed E-state index contributed by atoms with van der Waals surface area (Å²) >= 11 is 0. The molecule has 1 aliphatic heterocycles. The number of benzene rings is 1. The highest BCUT2D eigenvalue weighted by atomic mass is 16.5. The van der Waals surface area contributed by atoms with Crippen molar-refractivity contribution < 1.29 is 23.9 Å². The normalized spacial score (nSPS) is 13.0. The predicted molar refractivity (Wildman–Crippen MR) is 124 cm³/mol. The van der Waals surface area contributed by atoms with Crippen molar-refractivity contribution in [2.45, 2.75) is 77.2 Å². The minimum atomic E-state index is -0.551. The van der Waals surface area contributed by atoms with Crippen LogP contribution in [-0.4, -0.2) is 24.9 Å². The average Bonchev–Trinajstić information content (AvgIpc) is 3.10. The van der Waals surface area contributed by atoms with Crippen LogP contribution in [0.4, 0.5) is 0 Å². The highest BCUT2D eigenvalue weighted by Gasteiger charge is 2.23. The van der Waals surface area contributed by atoms with E-state index in [4.69, 9.17) is 9.47 Å². The van der Waals surface area contributed by atoms with Gasteiger partial charge in [-0.2, -0.15) is 0 Å². The van der Waals surface area contributed by atoms with Crippen molar-refractivity contribution in [1.82, 2.24) is 5.32 Å². The van der Waals surface area contributed by atoms with Crippen LogP contribution in [0.3, 0.4) is 0 Å². The van der Waals surface area contributed by atoms with Crippen molar-refractivity contribution in [2.75, 3.05) is 7.11 Å². The number of amides is 2. The number of nitrogens with one attached hydrogen (secondary N) is 1. The summed E-state index contributed by atoms with van der Waals surface area (Å²) in [6.07, 6.45) is 15.1. The lowest BCUT2D eigenvalue weighted by Crippen LogP contribution is -2.23. The number of ether oxygens (including phenoxy) is 2. The lowest BCUT2D eigenvalue weighted by atomic mass is 10.0. The monoisotopic (exact) mass is 441 g/mol. The van der Waals surface area contributed by atoms with E-state index in [1.807, 2.05) is 24.3 Å². The van der Waals surface area contributed by atoms with Gasteiger partial charge in [0.25, 0.3) is 11.8 Å². The van der Waals surface area contributed by atoms with Crippen molar-refractivity contribution in [1.29, 1.82) is 0 Å². The molecule has 0 atom stereocenters. The summed E-state index contributed by atoms with van der Waals surface area (Å²) in [5, 5.41) is 2.11. The summed E-state index contributed by atoms with van der Waals surface area (Å²) in [6, 6.07) is 5.84. The first-order chi connectivity index (χ1) is 15.5. The number of rotatable bonds is 16. The number of unbranched alkanes of at least 4 members (excludes halogenated alkanes) is 8. The molecule has 0 saturated heterocycles. The molecule has 1 aliphatic rings. The van der Waals surface area contributed by atoms with Gasteiger partial charge in [-0.3, -0.25) is 19.7 Å². The van der Waals surface area contributed by atoms with Crippen molar-refractivity contribution in [3.63, 3.8) is 0 Å². The molecule has 2 amide bonds. The van der Waals surface area contributed by atoms with Crippen LogP contribution < -0.4 is 10.1 Å². The standard InChI is InChI=1S/C26H35NO5/c1-3-4-5-6-7-8-9-10-11-12-13-21-15-14-20(16-23(21)31-2)19-32-25(29)18-22-17-24(28)27-26(22)30/h3,14-17H,1,4-13,18-19H2,2H3,(H,27,28,30). The van der Waals surface area contributed by atoms with Crippen LogP contribution in [0, 0.1) is 0 Å². The summed E-state index contributed by atoms with van der Waals surface area (Å²) in [7, 11) is 1.64. The molecule has 0 aliphatic carbocycles. The van der Waals surface area contributed by atoms with E-state index in [2.05, 4.69) is 11.9 Å². The molecule has 0 fully saturated rings. The van der Waals surface area contributed by atoms with E-state index < -0.39 is 17.8 Å². The fraction of sp³-hybridized carbons (Fsp3) is 0.500. The van der Waals surface area contributed by atoms with Gasteiger partial charge in [-0.25, -0.2) is 0 Å². The first-order valence-corrected chi connectivity index (χ1v) is 11.5. The molecule has 1 N–H and O–H groups in total. The number of allylic oxidation sites excluding steroid dienone is 1. The van der Waals surface area contributed by atoms with Gasteiger partial charge in [0.05, 0.1) is 13.5 Å². The third kappa shape index (κ3) is 9.08. The van der Waals surface area contributed by atoms with E-state index in [-0.39, 0.29) is 18.6 Å². The Bertz CT molecular complexity index is 828. The van der Waals surface area contributed by atoms with Gasteiger partial charge in [-0.1, -0.05) is 56.7 Å². The molecule has 174 valence electrons. The third-order valence-corrected chi connectivity index (χ3v) is 5.52. The maximum Gasteiger partial charge on any atom is 0.310 e. The van der Waals surface area contributed by atoms with Crippen LogP contribution in [-0.2, 0) is 32.1 Å². The molecule has 6 nitrogen and oxygen atoms in total. The molecule has 6 heteroatoms. The SMILES string of the molecule is C=CCCCCCCCCCCc1ccc(COC(=O)CC2=CC(=O)NC2=O)cc1OC. The number of methoxy groups -OCH3 is 1. The van der Waals surface area contributed by atoms with Crippen molar-refractivity contribution >= 4 is 17.8 Å². The van der Waals surface area contributed by atoms with E-state index in [9.17, 15) is 14.4 Å². The maximum atomic E-state index is 12.0. The van der Waals surface area contributed by atoms with Gasteiger partial charge < -0.3 is 9.47 Å². The Hall–Kier alpha value is -2.89. The number of esters is 1. The van der Waals surface area contributed by atoms with Crippen molar-refractivity contribution in [3.8, 4) is 5.75 Å². The van der Waals surface area contributed by atoms with E-state index in [1.165, 1.54) is 44.9 Å². The van der Waals surface area contributed by atoms with Crippen LogP contribution in [0.1, 0.15) is 75.3 Å². The Labute approximate surface area is 191 Å². The van der Waals surface area contributed by atoms with E-state index in [1.54, 1.807) is 7.11 Å². The topological polar surface area (TPSA) is 81.7 Å². The van der Waals surface area contributed by atoms with Gasteiger partial charge in [0.15, 0.2) is 0 Å². The van der Waals surface area contributed by atoms with Gasteiger partial charge in [-0.15, -0.1) is 6.58 Å². The smallest absolute Gasteiger partial charge is 0.310 e. The zero-order valence-electron chi connectivity index (χ0n) is 19.1. The summed E-state index contributed by atoms with van der Waals surface area (Å²) < 4.78 is 10.8.